The van der Waals surface area contributed by atoms with Crippen LogP contribution in [0.25, 0.3) is 0 Å². The first kappa shape index (κ1) is 15.0. The average molecular weight is 336 g/mol. The van der Waals surface area contributed by atoms with Gasteiger partial charge in [0.2, 0.25) is 0 Å². The SMILES string of the molecule is COc1cnc(N2C(=O)Nc3ccccc3S2(=O)=O)nc1OC. The molecule has 0 spiro atoms. The van der Waals surface area contributed by atoms with Crippen LogP contribution in [0.1, 0.15) is 0 Å². The fourth-order valence-electron chi connectivity index (χ4n) is 2.10. The van der Waals surface area contributed by atoms with Crippen molar-refractivity contribution in [2.75, 3.05) is 23.8 Å². The second-order valence-corrected chi connectivity index (χ2v) is 6.20. The zero-order valence-corrected chi connectivity index (χ0v) is 13.0. The van der Waals surface area contributed by atoms with Crippen LogP contribution >= 0.6 is 0 Å². The Morgan fingerprint density at radius 3 is 2.61 bits per heavy atom. The Kier molecular flexibility index (Phi) is 3.52. The molecule has 120 valence electrons. The minimum Gasteiger partial charge on any atom is -0.490 e. The number of anilines is 2. The van der Waals surface area contributed by atoms with E-state index in [0.717, 1.165) is 0 Å². The summed E-state index contributed by atoms with van der Waals surface area (Å²) in [7, 11) is -1.40. The van der Waals surface area contributed by atoms with Crippen LogP contribution in [0.15, 0.2) is 35.4 Å². The summed E-state index contributed by atoms with van der Waals surface area (Å²) in [6.45, 7) is 0. The molecule has 1 N–H and O–H groups in total. The molecule has 0 fully saturated rings. The maximum Gasteiger partial charge on any atom is 0.343 e. The van der Waals surface area contributed by atoms with Crippen LogP contribution in [-0.2, 0) is 10.0 Å². The van der Waals surface area contributed by atoms with Gasteiger partial charge in [0.1, 0.15) is 4.90 Å². The van der Waals surface area contributed by atoms with Crippen molar-refractivity contribution >= 4 is 27.7 Å². The van der Waals surface area contributed by atoms with Gasteiger partial charge in [0.15, 0.2) is 5.75 Å². The minimum absolute atomic E-state index is 0.0133. The molecular weight excluding hydrogens is 324 g/mol. The first-order chi connectivity index (χ1) is 11.0. The quantitative estimate of drug-likeness (QED) is 0.897. The number of hydrogen-bond donors (Lipinski definition) is 1. The molecule has 0 bridgehead atoms. The number of rotatable bonds is 3. The van der Waals surface area contributed by atoms with Crippen LogP contribution in [0.4, 0.5) is 16.4 Å². The largest absolute Gasteiger partial charge is 0.490 e. The van der Waals surface area contributed by atoms with Crippen LogP contribution in [0.3, 0.4) is 0 Å². The predicted octanol–water partition coefficient (Wildman–Crippen LogP) is 1.23. The number of amides is 2. The molecule has 23 heavy (non-hydrogen) atoms. The fourth-order valence-corrected chi connectivity index (χ4v) is 3.51. The molecule has 2 aromatic rings. The highest BCUT2D eigenvalue weighted by atomic mass is 32.2. The topological polar surface area (TPSA) is 111 Å². The van der Waals surface area contributed by atoms with Crippen LogP contribution < -0.4 is 19.1 Å². The highest BCUT2D eigenvalue weighted by Crippen LogP contribution is 2.33. The molecule has 0 aliphatic carbocycles. The van der Waals surface area contributed by atoms with E-state index in [1.165, 1.54) is 32.5 Å². The maximum absolute atomic E-state index is 12.7. The van der Waals surface area contributed by atoms with Crippen molar-refractivity contribution < 1.29 is 22.7 Å². The van der Waals surface area contributed by atoms with E-state index < -0.39 is 16.1 Å². The lowest BCUT2D eigenvalue weighted by Crippen LogP contribution is -2.45. The second-order valence-electron chi connectivity index (χ2n) is 4.44. The molecule has 3 rings (SSSR count). The molecular formula is C13H12N4O5S. The van der Waals surface area contributed by atoms with Gasteiger partial charge in [0, 0.05) is 0 Å². The highest BCUT2D eigenvalue weighted by molar-refractivity contribution is 7.93. The molecule has 0 saturated carbocycles. The molecule has 2 amide bonds. The van der Waals surface area contributed by atoms with Crippen molar-refractivity contribution in [1.82, 2.24) is 9.97 Å². The summed E-state index contributed by atoms with van der Waals surface area (Å²) < 4.78 is 35.9. The number of para-hydroxylation sites is 1. The number of carbonyl (C=O) groups is 1. The number of methoxy groups -OCH3 is 2. The Balaban J connectivity index is 2.15. The predicted molar refractivity (Wildman–Crippen MR) is 80.3 cm³/mol. The maximum atomic E-state index is 12.7. The van der Waals surface area contributed by atoms with E-state index in [2.05, 4.69) is 15.3 Å². The highest BCUT2D eigenvalue weighted by Gasteiger charge is 2.39. The lowest BCUT2D eigenvalue weighted by molar-refractivity contribution is 0.259. The number of nitrogens with zero attached hydrogens (tertiary/aromatic N) is 3. The number of hydrogen-bond acceptors (Lipinski definition) is 7. The van der Waals surface area contributed by atoms with Gasteiger partial charge in [-0.25, -0.2) is 18.2 Å². The molecule has 1 aromatic heterocycles. The summed E-state index contributed by atoms with van der Waals surface area (Å²) in [5, 5.41) is 2.49. The van der Waals surface area contributed by atoms with E-state index in [1.54, 1.807) is 12.1 Å². The first-order valence-corrected chi connectivity index (χ1v) is 7.83. The lowest BCUT2D eigenvalue weighted by atomic mass is 10.3. The number of aromatic nitrogens is 2. The van der Waals surface area contributed by atoms with Gasteiger partial charge in [-0.15, -0.1) is 4.31 Å². The number of nitrogens with one attached hydrogen (secondary N) is 1. The Hall–Kier alpha value is -2.88. The van der Waals surface area contributed by atoms with E-state index in [4.69, 9.17) is 9.47 Å². The number of benzene rings is 1. The monoisotopic (exact) mass is 336 g/mol. The van der Waals surface area contributed by atoms with Crippen LogP contribution in [0.2, 0.25) is 0 Å². The second kappa shape index (κ2) is 5.39. The number of ether oxygens (including phenoxy) is 2. The molecule has 0 atom stereocenters. The van der Waals surface area contributed by atoms with Gasteiger partial charge in [-0.05, 0) is 12.1 Å². The first-order valence-electron chi connectivity index (χ1n) is 6.39. The fraction of sp³-hybridized carbons (Fsp3) is 0.154. The molecule has 0 saturated heterocycles. The van der Waals surface area contributed by atoms with Gasteiger partial charge < -0.3 is 14.8 Å². The van der Waals surface area contributed by atoms with Gasteiger partial charge in [-0.1, -0.05) is 12.1 Å². The van der Waals surface area contributed by atoms with Gasteiger partial charge >= 0.3 is 6.03 Å². The van der Waals surface area contributed by atoms with E-state index in [0.29, 0.717) is 4.31 Å². The van der Waals surface area contributed by atoms with E-state index in [-0.39, 0.29) is 28.2 Å². The van der Waals surface area contributed by atoms with Gasteiger partial charge in [-0.3, -0.25) is 0 Å². The summed E-state index contributed by atoms with van der Waals surface area (Å²) in [5.41, 5.74) is 0.203. The van der Waals surface area contributed by atoms with Crippen LogP contribution in [-0.4, -0.2) is 38.6 Å². The van der Waals surface area contributed by atoms with Crippen molar-refractivity contribution in [3.05, 3.63) is 30.5 Å². The number of fused-ring (bicyclic) bond motifs is 1. The number of sulfonamides is 1. The van der Waals surface area contributed by atoms with E-state index in [1.807, 2.05) is 0 Å². The normalized spacial score (nSPS) is 15.6. The average Bonchev–Trinajstić information content (AvgIpc) is 2.54. The van der Waals surface area contributed by atoms with Gasteiger partial charge in [0.25, 0.3) is 21.9 Å². The number of urea groups is 1. The van der Waals surface area contributed by atoms with Crippen molar-refractivity contribution in [2.45, 2.75) is 4.90 Å². The van der Waals surface area contributed by atoms with Crippen LogP contribution in [0, 0.1) is 0 Å². The van der Waals surface area contributed by atoms with Crippen molar-refractivity contribution in [1.29, 1.82) is 0 Å². The summed E-state index contributed by atoms with van der Waals surface area (Å²) in [6, 6.07) is 5.18. The van der Waals surface area contributed by atoms with Crippen LogP contribution in [0.5, 0.6) is 11.6 Å². The van der Waals surface area contributed by atoms with Crippen molar-refractivity contribution in [2.24, 2.45) is 0 Å². The third kappa shape index (κ3) is 2.32. The molecule has 0 radical (unpaired) electrons. The van der Waals surface area contributed by atoms with Gasteiger partial charge in [-0.2, -0.15) is 4.98 Å². The third-order valence-electron chi connectivity index (χ3n) is 3.14. The molecule has 0 unspecified atom stereocenters. The lowest BCUT2D eigenvalue weighted by Gasteiger charge is -2.27. The Morgan fingerprint density at radius 2 is 1.91 bits per heavy atom. The molecule has 1 aliphatic heterocycles. The summed E-state index contributed by atoms with van der Waals surface area (Å²) in [6.07, 6.45) is 1.23. The van der Waals surface area contributed by atoms with E-state index in [9.17, 15) is 13.2 Å². The molecule has 9 nitrogen and oxygen atoms in total. The van der Waals surface area contributed by atoms with Crippen molar-refractivity contribution in [3.8, 4) is 11.6 Å². The van der Waals surface area contributed by atoms with Gasteiger partial charge in [0.05, 0.1) is 26.1 Å². The summed E-state index contributed by atoms with van der Waals surface area (Å²) in [4.78, 5) is 20.0. The smallest absolute Gasteiger partial charge is 0.343 e. The third-order valence-corrected chi connectivity index (χ3v) is 4.86. The Labute approximate surface area is 131 Å². The molecule has 2 heterocycles. The standard InChI is InChI=1S/C13H12N4O5S/c1-21-9-7-14-12(16-11(9)22-2)17-13(18)15-8-5-3-4-6-10(8)23(17,19)20/h3-7H,1-2H3,(H,15,18). The summed E-state index contributed by atoms with van der Waals surface area (Å²) >= 11 is 0. The van der Waals surface area contributed by atoms with E-state index >= 15 is 0 Å². The molecule has 10 heteroatoms. The number of carbonyl (C=O) groups excluding carboxylic acids is 1. The molecule has 1 aromatic carbocycles. The zero-order chi connectivity index (χ0) is 16.6. The van der Waals surface area contributed by atoms with Crippen molar-refractivity contribution in [3.63, 3.8) is 0 Å². The summed E-state index contributed by atoms with van der Waals surface area (Å²) in [5.74, 6) is -0.111. The minimum atomic E-state index is -4.13. The Morgan fingerprint density at radius 1 is 1.17 bits per heavy atom. The Bertz CT molecular complexity index is 884. The molecule has 1 aliphatic rings. The zero-order valence-electron chi connectivity index (χ0n) is 12.2.